The van der Waals surface area contributed by atoms with Crippen molar-refractivity contribution < 1.29 is 24.2 Å². The van der Waals surface area contributed by atoms with Crippen LogP contribution >= 0.6 is 11.3 Å². The fourth-order valence-corrected chi connectivity index (χ4v) is 6.09. The number of piperidine rings is 1. The summed E-state index contributed by atoms with van der Waals surface area (Å²) in [6.45, 7) is 5.97. The zero-order valence-corrected chi connectivity index (χ0v) is 24.0. The number of nitrogens with zero attached hydrogens (tertiary/aromatic N) is 2. The van der Waals surface area contributed by atoms with Crippen LogP contribution in [0.4, 0.5) is 4.79 Å². The smallest absolute Gasteiger partial charge is 0.410 e. The number of aliphatic hydroxyl groups is 1. The molecule has 0 unspecified atom stereocenters. The number of thiazole rings is 1. The van der Waals surface area contributed by atoms with Gasteiger partial charge in [0.25, 0.3) is 0 Å². The van der Waals surface area contributed by atoms with Crippen LogP contribution in [-0.2, 0) is 27.3 Å². The molecule has 2 atom stereocenters. The normalized spacial score (nSPS) is 16.6. The lowest BCUT2D eigenvalue weighted by Gasteiger charge is -2.36. The molecule has 0 spiro atoms. The number of ether oxygens (including phenoxy) is 1. The maximum Gasteiger partial charge on any atom is 0.410 e. The first-order valence-electron chi connectivity index (χ1n) is 13.6. The number of benzene rings is 2. The molecule has 1 aliphatic heterocycles. The lowest BCUT2D eigenvalue weighted by Crippen LogP contribution is -2.50. The van der Waals surface area contributed by atoms with Gasteiger partial charge in [-0.05, 0) is 75.3 Å². The van der Waals surface area contributed by atoms with Gasteiger partial charge in [-0.15, -0.1) is 0 Å². The van der Waals surface area contributed by atoms with Crippen LogP contribution in [0.2, 0.25) is 0 Å². The zero-order valence-electron chi connectivity index (χ0n) is 23.2. The molecule has 2 heterocycles. The van der Waals surface area contributed by atoms with Crippen molar-refractivity contribution in [1.29, 1.82) is 0 Å². The Morgan fingerprint density at radius 2 is 1.80 bits per heavy atom. The third kappa shape index (κ3) is 6.98. The Hall–Kier alpha value is -3.50. The summed E-state index contributed by atoms with van der Waals surface area (Å²) in [5.41, 5.74) is 8.60. The highest BCUT2D eigenvalue weighted by Crippen LogP contribution is 2.28. The van der Waals surface area contributed by atoms with Gasteiger partial charge in [-0.2, -0.15) is 0 Å². The van der Waals surface area contributed by atoms with Crippen molar-refractivity contribution >= 4 is 39.3 Å². The molecule has 1 saturated heterocycles. The molecule has 1 aromatic heterocycles. The summed E-state index contributed by atoms with van der Waals surface area (Å²) in [5.74, 6) is -1.42. The molecule has 2 aromatic carbocycles. The van der Waals surface area contributed by atoms with E-state index in [9.17, 15) is 24.3 Å². The Balaban J connectivity index is 1.45. The van der Waals surface area contributed by atoms with Crippen LogP contribution in [0.5, 0.6) is 0 Å². The second-order valence-corrected chi connectivity index (χ2v) is 12.3. The number of fused-ring (bicyclic) bond motifs is 1. The van der Waals surface area contributed by atoms with E-state index in [2.05, 4.69) is 0 Å². The number of aromatic nitrogens is 1. The number of ketones is 1. The molecule has 3 aromatic rings. The summed E-state index contributed by atoms with van der Waals surface area (Å²) in [6.07, 6.45) is 1.93. The van der Waals surface area contributed by atoms with E-state index < -0.39 is 29.6 Å². The van der Waals surface area contributed by atoms with Gasteiger partial charge in [0.1, 0.15) is 5.60 Å². The molecule has 10 heteroatoms. The molecular weight excluding hydrogens is 530 g/mol. The highest BCUT2D eigenvalue weighted by molar-refractivity contribution is 7.16. The van der Waals surface area contributed by atoms with Crippen LogP contribution in [0.25, 0.3) is 21.3 Å². The summed E-state index contributed by atoms with van der Waals surface area (Å²) < 4.78 is 7.92. The second-order valence-electron chi connectivity index (χ2n) is 11.3. The summed E-state index contributed by atoms with van der Waals surface area (Å²) in [6, 6.07) is 12.8. The molecule has 3 N–H and O–H groups in total. The zero-order chi connectivity index (χ0) is 29.0. The Morgan fingerprint density at radius 3 is 2.45 bits per heavy atom. The molecular formula is C30H37N3O6S. The summed E-state index contributed by atoms with van der Waals surface area (Å²) >= 11 is 1.14. The Bertz CT molecular complexity index is 1440. The summed E-state index contributed by atoms with van der Waals surface area (Å²) in [7, 11) is 0. The van der Waals surface area contributed by atoms with Crippen LogP contribution < -0.4 is 10.6 Å². The number of primary amides is 1. The van der Waals surface area contributed by atoms with Gasteiger partial charge in [-0.25, -0.2) is 4.79 Å². The number of aliphatic hydroxyl groups excluding tert-OH is 1. The number of Topliss-reactive ketones (excluding diaryl/α,β-unsaturated/α-hetero) is 1. The number of rotatable bonds is 9. The first-order chi connectivity index (χ1) is 19.0. The second kappa shape index (κ2) is 12.3. The number of nitrogens with two attached hydrogens (primary N) is 1. The standard InChI is InChI=1S/C30H37N3O6S/c1-30(2,3)39-28(37)32-13-5-4-6-23(32)25(35)17-22(27(31)36)16-19-7-9-20(10-8-19)21-11-12-24-26(18-21)40-29(38)33(24)14-15-34/h7-12,18,22-23,34H,4-6,13-17H2,1-3H3,(H2,31,36)/t22-,23+/m1/s1. The van der Waals surface area contributed by atoms with Gasteiger partial charge in [0.15, 0.2) is 5.78 Å². The predicted octanol–water partition coefficient (Wildman–Crippen LogP) is 4.12. The van der Waals surface area contributed by atoms with E-state index in [0.717, 1.165) is 51.1 Å². The van der Waals surface area contributed by atoms with E-state index in [1.165, 1.54) is 4.90 Å². The van der Waals surface area contributed by atoms with Crippen molar-refractivity contribution in [3.05, 3.63) is 57.7 Å². The largest absolute Gasteiger partial charge is 0.444 e. The van der Waals surface area contributed by atoms with Crippen LogP contribution in [0.3, 0.4) is 0 Å². The van der Waals surface area contributed by atoms with Crippen molar-refractivity contribution in [2.75, 3.05) is 13.2 Å². The van der Waals surface area contributed by atoms with Gasteiger partial charge < -0.3 is 15.6 Å². The van der Waals surface area contributed by atoms with Gasteiger partial charge in [-0.1, -0.05) is 41.7 Å². The highest BCUT2D eigenvalue weighted by atomic mass is 32.1. The molecule has 2 amide bonds. The molecule has 1 fully saturated rings. The van der Waals surface area contributed by atoms with E-state index in [1.54, 1.807) is 25.3 Å². The maximum absolute atomic E-state index is 13.3. The lowest BCUT2D eigenvalue weighted by atomic mass is 9.88. The van der Waals surface area contributed by atoms with Crippen LogP contribution in [0.15, 0.2) is 47.3 Å². The van der Waals surface area contributed by atoms with Gasteiger partial charge in [0.05, 0.1) is 29.4 Å². The number of carbonyl (C=O) groups excluding carboxylic acids is 3. The van der Waals surface area contributed by atoms with Crippen LogP contribution in [-0.4, -0.2) is 57.2 Å². The molecule has 40 heavy (non-hydrogen) atoms. The van der Waals surface area contributed by atoms with Crippen molar-refractivity contribution in [3.63, 3.8) is 0 Å². The quantitative estimate of drug-likeness (QED) is 0.400. The first kappa shape index (κ1) is 29.5. The molecule has 0 saturated carbocycles. The van der Waals surface area contributed by atoms with Crippen molar-refractivity contribution in [1.82, 2.24) is 9.47 Å². The molecule has 0 radical (unpaired) electrons. The SMILES string of the molecule is CC(C)(C)OC(=O)N1CCCC[C@H]1C(=O)C[C@@H](Cc1ccc(-c2ccc3c(c2)sc(=O)n3CCO)cc1)C(N)=O. The van der Waals surface area contributed by atoms with E-state index in [1.807, 2.05) is 42.5 Å². The molecule has 4 rings (SSSR count). The number of hydrogen-bond donors (Lipinski definition) is 2. The monoisotopic (exact) mass is 567 g/mol. The van der Waals surface area contributed by atoms with Crippen molar-refractivity contribution in [2.24, 2.45) is 11.7 Å². The minimum absolute atomic E-state index is 0.0402. The van der Waals surface area contributed by atoms with Crippen molar-refractivity contribution in [2.45, 2.75) is 71.1 Å². The predicted molar refractivity (Wildman–Crippen MR) is 155 cm³/mol. The third-order valence-electron chi connectivity index (χ3n) is 7.11. The van der Waals surface area contributed by atoms with Crippen molar-refractivity contribution in [3.8, 4) is 11.1 Å². The average Bonchev–Trinajstić information content (AvgIpc) is 3.21. The number of hydrogen-bond acceptors (Lipinski definition) is 7. The number of likely N-dealkylation sites (tertiary alicyclic amines) is 1. The number of carbonyl (C=O) groups is 3. The molecule has 0 aliphatic carbocycles. The van der Waals surface area contributed by atoms with E-state index >= 15 is 0 Å². The van der Waals surface area contributed by atoms with E-state index in [4.69, 9.17) is 10.5 Å². The van der Waals surface area contributed by atoms with Gasteiger partial charge >= 0.3 is 11.0 Å². The first-order valence-corrected chi connectivity index (χ1v) is 14.4. The average molecular weight is 568 g/mol. The topological polar surface area (TPSA) is 132 Å². The Morgan fingerprint density at radius 1 is 1.10 bits per heavy atom. The molecule has 9 nitrogen and oxygen atoms in total. The maximum atomic E-state index is 13.3. The minimum Gasteiger partial charge on any atom is -0.444 e. The lowest BCUT2D eigenvalue weighted by molar-refractivity contribution is -0.130. The Labute approximate surface area is 237 Å². The van der Waals surface area contributed by atoms with E-state index in [-0.39, 0.29) is 30.2 Å². The number of amides is 2. The minimum atomic E-state index is -0.694. The van der Waals surface area contributed by atoms with Gasteiger partial charge in [0, 0.05) is 18.9 Å². The fraction of sp³-hybridized carbons (Fsp3) is 0.467. The van der Waals surface area contributed by atoms with E-state index in [0.29, 0.717) is 19.4 Å². The fourth-order valence-electron chi connectivity index (χ4n) is 5.13. The van der Waals surface area contributed by atoms with Gasteiger partial charge in [0.2, 0.25) is 5.91 Å². The molecule has 214 valence electrons. The van der Waals surface area contributed by atoms with Gasteiger partial charge in [-0.3, -0.25) is 23.9 Å². The highest BCUT2D eigenvalue weighted by Gasteiger charge is 2.36. The molecule has 0 bridgehead atoms. The van der Waals surface area contributed by atoms with Crippen LogP contribution in [0.1, 0.15) is 52.0 Å². The van der Waals surface area contributed by atoms with Crippen LogP contribution in [0, 0.1) is 5.92 Å². The Kier molecular flexibility index (Phi) is 9.10. The third-order valence-corrected chi connectivity index (χ3v) is 8.06. The summed E-state index contributed by atoms with van der Waals surface area (Å²) in [4.78, 5) is 52.0. The molecule has 1 aliphatic rings. The summed E-state index contributed by atoms with van der Waals surface area (Å²) in [5, 5.41) is 9.24.